The minimum Gasteiger partial charge on any atom is -0.465 e. The Bertz CT molecular complexity index is 1560. The van der Waals surface area contributed by atoms with E-state index in [4.69, 9.17) is 19.2 Å². The van der Waals surface area contributed by atoms with E-state index in [1.165, 1.54) is 4.90 Å². The lowest BCUT2D eigenvalue weighted by Gasteiger charge is -2.31. The molecule has 192 valence electrons. The molecular formula is C26H25N3O8. The first kappa shape index (κ1) is 23.3. The van der Waals surface area contributed by atoms with Gasteiger partial charge < -0.3 is 33.9 Å². The van der Waals surface area contributed by atoms with E-state index in [9.17, 15) is 24.6 Å². The number of hydrogen-bond donors (Lipinski definition) is 2. The van der Waals surface area contributed by atoms with Crippen LogP contribution in [0, 0.1) is 0 Å². The maximum absolute atomic E-state index is 13.6. The van der Waals surface area contributed by atoms with Crippen molar-refractivity contribution in [3.63, 3.8) is 0 Å². The van der Waals surface area contributed by atoms with Gasteiger partial charge in [0.25, 0.3) is 5.56 Å². The fraction of sp³-hybridized carbons (Fsp3) is 0.385. The smallest absolute Gasteiger partial charge is 0.407 e. The van der Waals surface area contributed by atoms with Crippen molar-refractivity contribution in [1.82, 2.24) is 14.5 Å². The van der Waals surface area contributed by atoms with E-state index in [0.717, 1.165) is 16.5 Å². The van der Waals surface area contributed by atoms with Crippen LogP contribution in [0.2, 0.25) is 0 Å². The zero-order valence-electron chi connectivity index (χ0n) is 20.4. The number of hydrogen-bond acceptors (Lipinski definition) is 8. The first-order valence-electron chi connectivity index (χ1n) is 12.2. The third-order valence-electron chi connectivity index (χ3n) is 7.58. The largest absolute Gasteiger partial charge is 0.465 e. The van der Waals surface area contributed by atoms with Gasteiger partial charge in [-0.2, -0.15) is 0 Å². The highest BCUT2D eigenvalue weighted by Gasteiger charge is 2.45. The molecule has 11 heteroatoms. The molecule has 0 saturated carbocycles. The molecule has 3 aliphatic heterocycles. The Morgan fingerprint density at radius 3 is 2.59 bits per heavy atom. The van der Waals surface area contributed by atoms with E-state index in [1.54, 1.807) is 30.5 Å². The molecule has 0 saturated heterocycles. The van der Waals surface area contributed by atoms with Crippen LogP contribution in [-0.2, 0) is 34.7 Å². The molecule has 0 radical (unpaired) electrons. The molecule has 37 heavy (non-hydrogen) atoms. The van der Waals surface area contributed by atoms with Crippen molar-refractivity contribution in [3.8, 4) is 22.9 Å². The number of amides is 1. The van der Waals surface area contributed by atoms with E-state index >= 15 is 0 Å². The van der Waals surface area contributed by atoms with Crippen LogP contribution in [0.1, 0.15) is 42.5 Å². The van der Waals surface area contributed by atoms with Crippen LogP contribution < -0.4 is 15.0 Å². The number of fused-ring (bicyclic) bond motifs is 6. The van der Waals surface area contributed by atoms with Gasteiger partial charge in [0.15, 0.2) is 17.1 Å². The van der Waals surface area contributed by atoms with Crippen LogP contribution in [0.25, 0.3) is 22.3 Å². The van der Waals surface area contributed by atoms with Crippen molar-refractivity contribution < 1.29 is 34.0 Å². The van der Waals surface area contributed by atoms with Crippen molar-refractivity contribution in [2.75, 3.05) is 19.9 Å². The van der Waals surface area contributed by atoms with Crippen LogP contribution in [0.15, 0.2) is 23.0 Å². The number of esters is 1. The number of cyclic esters (lactones) is 1. The monoisotopic (exact) mass is 507 g/mol. The maximum atomic E-state index is 13.6. The number of pyridine rings is 2. The number of aliphatic hydroxyl groups is 1. The lowest BCUT2D eigenvalue weighted by molar-refractivity contribution is -0.172. The number of carbonyl (C=O) groups is 2. The van der Waals surface area contributed by atoms with Gasteiger partial charge in [-0.25, -0.2) is 14.6 Å². The highest BCUT2D eigenvalue weighted by molar-refractivity contribution is 5.91. The third-order valence-corrected chi connectivity index (χ3v) is 7.58. The van der Waals surface area contributed by atoms with Crippen molar-refractivity contribution in [1.29, 1.82) is 0 Å². The number of ether oxygens (including phenoxy) is 3. The van der Waals surface area contributed by atoms with Crippen LogP contribution in [0.4, 0.5) is 4.79 Å². The normalized spacial score (nSPS) is 18.8. The number of rotatable bonds is 5. The summed E-state index contributed by atoms with van der Waals surface area (Å²) < 4.78 is 17.8. The van der Waals surface area contributed by atoms with Crippen molar-refractivity contribution in [2.45, 2.75) is 45.4 Å². The first-order chi connectivity index (χ1) is 17.8. The van der Waals surface area contributed by atoms with Crippen molar-refractivity contribution in [3.05, 3.63) is 50.8 Å². The maximum Gasteiger partial charge on any atom is 0.407 e. The summed E-state index contributed by atoms with van der Waals surface area (Å²) in [5, 5.41) is 21.5. The lowest BCUT2D eigenvalue weighted by atomic mass is 9.86. The Hall–Kier alpha value is -4.12. The Morgan fingerprint density at radius 1 is 1.14 bits per heavy atom. The highest BCUT2D eigenvalue weighted by Crippen LogP contribution is 2.43. The molecule has 0 fully saturated rings. The SMILES string of the molecule is CCN(CCc1c2c(nc3cc4c(cc13)OCO4)-c1cc3c(c(=O)n1C2)COC(=O)[C@]3(O)CC)C(=O)O. The zero-order chi connectivity index (χ0) is 26.1. The van der Waals surface area contributed by atoms with Crippen LogP contribution in [-0.4, -0.2) is 56.6 Å². The number of likely N-dealkylation sites (N-methyl/N-ethyl adjacent to an activating group) is 1. The van der Waals surface area contributed by atoms with Gasteiger partial charge in [0.05, 0.1) is 29.0 Å². The number of carbonyl (C=O) groups excluding carboxylic acids is 1. The zero-order valence-corrected chi connectivity index (χ0v) is 20.4. The average Bonchev–Trinajstić information content (AvgIpc) is 3.49. The summed E-state index contributed by atoms with van der Waals surface area (Å²) in [7, 11) is 0. The summed E-state index contributed by atoms with van der Waals surface area (Å²) in [6.45, 7) is 4.14. The molecular weight excluding hydrogens is 482 g/mol. The van der Waals surface area contributed by atoms with Gasteiger partial charge in [-0.1, -0.05) is 6.92 Å². The molecule has 3 aliphatic rings. The fourth-order valence-electron chi connectivity index (χ4n) is 5.47. The summed E-state index contributed by atoms with van der Waals surface area (Å²) >= 11 is 0. The van der Waals surface area contributed by atoms with Gasteiger partial charge in [-0.3, -0.25) is 4.79 Å². The summed E-state index contributed by atoms with van der Waals surface area (Å²) in [6.07, 6.45) is -0.563. The van der Waals surface area contributed by atoms with Gasteiger partial charge >= 0.3 is 12.1 Å². The molecule has 1 aromatic carbocycles. The Kier molecular flexibility index (Phi) is 5.16. The quantitative estimate of drug-likeness (QED) is 0.390. The molecule has 1 atom stereocenters. The summed E-state index contributed by atoms with van der Waals surface area (Å²) in [6, 6.07) is 5.28. The Morgan fingerprint density at radius 2 is 1.89 bits per heavy atom. The number of benzene rings is 1. The van der Waals surface area contributed by atoms with E-state index in [0.29, 0.717) is 41.4 Å². The van der Waals surface area contributed by atoms with Gasteiger partial charge in [0.2, 0.25) is 6.79 Å². The molecule has 6 rings (SSSR count). The Labute approximate surface area is 210 Å². The van der Waals surface area contributed by atoms with E-state index in [-0.39, 0.29) is 49.6 Å². The van der Waals surface area contributed by atoms with Gasteiger partial charge in [0, 0.05) is 35.7 Å². The Balaban J connectivity index is 1.57. The molecule has 2 aromatic heterocycles. The van der Waals surface area contributed by atoms with Crippen LogP contribution in [0.3, 0.4) is 0 Å². The summed E-state index contributed by atoms with van der Waals surface area (Å²) in [5.74, 6) is 0.349. The molecule has 0 unspecified atom stereocenters. The van der Waals surface area contributed by atoms with E-state index < -0.39 is 17.7 Å². The molecule has 0 bridgehead atoms. The predicted molar refractivity (Wildman–Crippen MR) is 130 cm³/mol. The van der Waals surface area contributed by atoms with Crippen molar-refractivity contribution in [2.24, 2.45) is 0 Å². The molecule has 0 spiro atoms. The minimum atomic E-state index is -1.92. The lowest BCUT2D eigenvalue weighted by Crippen LogP contribution is -2.44. The topological polar surface area (TPSA) is 140 Å². The first-order valence-corrected chi connectivity index (χ1v) is 12.2. The second-order valence-corrected chi connectivity index (χ2v) is 9.36. The standard InChI is InChI=1S/C26H25N3O8/c1-3-26(34)17-8-19-22-15(10-29(19)23(30)16(17)11-35-24(26)31)13(5-6-28(4-2)25(32)33)14-7-20-21(37-12-36-20)9-18(14)27-22/h7-9,34H,3-6,10-12H2,1-2H3,(H,32,33)/t26-/m0/s1. The fourth-order valence-corrected chi connectivity index (χ4v) is 5.47. The second-order valence-electron chi connectivity index (χ2n) is 9.36. The summed E-state index contributed by atoms with van der Waals surface area (Å²) in [4.78, 5) is 43.9. The van der Waals surface area contributed by atoms with Gasteiger partial charge in [0.1, 0.15) is 6.61 Å². The molecule has 5 heterocycles. The van der Waals surface area contributed by atoms with Crippen molar-refractivity contribution >= 4 is 23.0 Å². The van der Waals surface area contributed by atoms with Gasteiger partial charge in [-0.05, 0) is 37.5 Å². The van der Waals surface area contributed by atoms with Crippen LogP contribution >= 0.6 is 0 Å². The van der Waals surface area contributed by atoms with E-state index in [1.807, 2.05) is 6.07 Å². The minimum absolute atomic E-state index is 0.0521. The molecule has 1 amide bonds. The highest BCUT2D eigenvalue weighted by atomic mass is 16.7. The predicted octanol–water partition coefficient (Wildman–Crippen LogP) is 2.35. The van der Waals surface area contributed by atoms with Gasteiger partial charge in [-0.15, -0.1) is 0 Å². The molecule has 2 N–H and O–H groups in total. The van der Waals surface area contributed by atoms with E-state index in [2.05, 4.69) is 0 Å². The summed E-state index contributed by atoms with van der Waals surface area (Å²) in [5.41, 5.74) is 1.53. The molecule has 3 aromatic rings. The van der Waals surface area contributed by atoms with Crippen LogP contribution in [0.5, 0.6) is 11.5 Å². The molecule has 11 nitrogen and oxygen atoms in total. The molecule has 0 aliphatic carbocycles. The number of aromatic nitrogens is 2. The number of carboxylic acid groups (broad SMARTS) is 1. The number of nitrogens with zero attached hydrogens (tertiary/aromatic N) is 3. The second kappa shape index (κ2) is 8.20. The third kappa shape index (κ3) is 3.30. The average molecular weight is 507 g/mol.